The van der Waals surface area contributed by atoms with Gasteiger partial charge in [0.25, 0.3) is 5.56 Å². The molecule has 1 atom stereocenters. The van der Waals surface area contributed by atoms with Crippen molar-refractivity contribution in [2.75, 3.05) is 12.4 Å². The van der Waals surface area contributed by atoms with Gasteiger partial charge in [0.2, 0.25) is 0 Å². The first-order chi connectivity index (χ1) is 8.40. The molecule has 98 valence electrons. The zero-order chi connectivity index (χ0) is 13.3. The second-order valence-corrected chi connectivity index (χ2v) is 5.15. The highest BCUT2D eigenvalue weighted by molar-refractivity contribution is 7.86. The summed E-state index contributed by atoms with van der Waals surface area (Å²) in [5.41, 5.74) is -0.465. The standard InChI is InChI=1S/C10H11NO6S/c1-16-9(12)5-6-2-3-8-7(4-6)11-10(17-8)18(13,14)15/h2-4,10-11H,5H2,1H3,(H,13,14,15). The third-order valence-corrected chi connectivity index (χ3v) is 3.15. The van der Waals surface area contributed by atoms with Crippen LogP contribution in [0.4, 0.5) is 5.69 Å². The summed E-state index contributed by atoms with van der Waals surface area (Å²) < 4.78 is 40.2. The number of methoxy groups -OCH3 is 1. The smallest absolute Gasteiger partial charge is 0.323 e. The van der Waals surface area contributed by atoms with Gasteiger partial charge in [-0.05, 0) is 17.7 Å². The van der Waals surface area contributed by atoms with E-state index in [1.54, 1.807) is 12.1 Å². The molecule has 2 N–H and O–H groups in total. The minimum Gasteiger partial charge on any atom is -0.469 e. The van der Waals surface area contributed by atoms with Crippen molar-refractivity contribution in [3.8, 4) is 5.75 Å². The van der Waals surface area contributed by atoms with Crippen molar-refractivity contribution in [1.82, 2.24) is 0 Å². The van der Waals surface area contributed by atoms with Gasteiger partial charge in [0, 0.05) is 0 Å². The van der Waals surface area contributed by atoms with Crippen molar-refractivity contribution in [1.29, 1.82) is 0 Å². The van der Waals surface area contributed by atoms with Gasteiger partial charge in [0.1, 0.15) is 5.75 Å². The summed E-state index contributed by atoms with van der Waals surface area (Å²) in [5, 5.41) is 2.49. The van der Waals surface area contributed by atoms with Crippen LogP contribution < -0.4 is 10.1 Å². The van der Waals surface area contributed by atoms with Gasteiger partial charge in [0.05, 0.1) is 19.2 Å². The normalized spacial score (nSPS) is 17.6. The molecule has 0 bridgehead atoms. The summed E-state index contributed by atoms with van der Waals surface area (Å²) in [4.78, 5) is 11.1. The highest BCUT2D eigenvalue weighted by atomic mass is 32.2. The first-order valence-corrected chi connectivity index (χ1v) is 6.49. The van der Waals surface area contributed by atoms with Gasteiger partial charge in [-0.2, -0.15) is 8.42 Å². The molecule has 2 rings (SSSR count). The van der Waals surface area contributed by atoms with Crippen molar-refractivity contribution in [3.05, 3.63) is 23.8 Å². The lowest BCUT2D eigenvalue weighted by Gasteiger charge is -2.05. The van der Waals surface area contributed by atoms with Crippen LogP contribution >= 0.6 is 0 Å². The molecule has 8 heteroatoms. The summed E-state index contributed by atoms with van der Waals surface area (Å²) in [6.07, 6.45) is 0.0714. The van der Waals surface area contributed by atoms with E-state index in [2.05, 4.69) is 10.1 Å². The maximum Gasteiger partial charge on any atom is 0.323 e. The summed E-state index contributed by atoms with van der Waals surface area (Å²) in [7, 11) is -3.05. The number of hydrogen-bond donors (Lipinski definition) is 2. The summed E-state index contributed by atoms with van der Waals surface area (Å²) in [5.74, 6) is -0.105. The maximum absolute atomic E-state index is 11.1. The van der Waals surface area contributed by atoms with Crippen LogP contribution in [0.2, 0.25) is 0 Å². The van der Waals surface area contributed by atoms with E-state index in [4.69, 9.17) is 9.29 Å². The average Bonchev–Trinajstić information content (AvgIpc) is 2.71. The first kappa shape index (κ1) is 12.7. The van der Waals surface area contributed by atoms with E-state index in [9.17, 15) is 13.2 Å². The molecule has 0 radical (unpaired) electrons. The van der Waals surface area contributed by atoms with E-state index in [0.717, 1.165) is 0 Å². The van der Waals surface area contributed by atoms with Crippen LogP contribution in [0.3, 0.4) is 0 Å². The zero-order valence-electron chi connectivity index (χ0n) is 9.41. The molecule has 1 heterocycles. The Labute approximate surface area is 103 Å². The number of nitrogens with one attached hydrogen (secondary N) is 1. The number of fused-ring (bicyclic) bond motifs is 1. The van der Waals surface area contributed by atoms with Gasteiger partial charge in [0.15, 0.2) is 0 Å². The summed E-state index contributed by atoms with van der Waals surface area (Å²) in [6.45, 7) is 0. The number of carbonyl (C=O) groups excluding carboxylic acids is 1. The molecule has 7 nitrogen and oxygen atoms in total. The van der Waals surface area contributed by atoms with Crippen LogP contribution in [0.15, 0.2) is 18.2 Å². The third kappa shape index (κ3) is 2.54. The zero-order valence-corrected chi connectivity index (χ0v) is 10.2. The Kier molecular flexibility index (Phi) is 3.14. The van der Waals surface area contributed by atoms with E-state index in [1.807, 2.05) is 0 Å². The number of anilines is 1. The van der Waals surface area contributed by atoms with Crippen molar-refractivity contribution in [2.24, 2.45) is 0 Å². The molecule has 0 saturated heterocycles. The Morgan fingerprint density at radius 3 is 2.89 bits per heavy atom. The second-order valence-electron chi connectivity index (χ2n) is 3.69. The van der Waals surface area contributed by atoms with Crippen LogP contribution in [-0.4, -0.2) is 31.6 Å². The highest BCUT2D eigenvalue weighted by Gasteiger charge is 2.32. The topological polar surface area (TPSA) is 102 Å². The van der Waals surface area contributed by atoms with Crippen molar-refractivity contribution in [2.45, 2.75) is 12.0 Å². The SMILES string of the molecule is COC(=O)Cc1ccc2c(c1)NC(S(=O)(=O)O)O2. The second kappa shape index (κ2) is 4.46. The lowest BCUT2D eigenvalue weighted by molar-refractivity contribution is -0.139. The summed E-state index contributed by atoms with van der Waals surface area (Å²) in [6, 6.07) is 4.70. The van der Waals surface area contributed by atoms with Gasteiger partial charge >= 0.3 is 16.1 Å². The molecule has 1 unspecified atom stereocenters. The van der Waals surface area contributed by atoms with Crippen LogP contribution in [0.25, 0.3) is 0 Å². The molecule has 1 aromatic carbocycles. The minimum atomic E-state index is -4.34. The Bertz CT molecular complexity index is 582. The number of hydrogen-bond acceptors (Lipinski definition) is 6. The van der Waals surface area contributed by atoms with Crippen molar-refractivity contribution in [3.63, 3.8) is 0 Å². The highest BCUT2D eigenvalue weighted by Crippen LogP contribution is 2.33. The van der Waals surface area contributed by atoms with Gasteiger partial charge in [-0.25, -0.2) is 0 Å². The number of carbonyl (C=O) groups is 1. The molecule has 0 aromatic heterocycles. The van der Waals surface area contributed by atoms with Crippen LogP contribution in [-0.2, 0) is 26.1 Å². The summed E-state index contributed by atoms with van der Waals surface area (Å²) >= 11 is 0. The number of ether oxygens (including phenoxy) is 2. The Morgan fingerprint density at radius 1 is 1.56 bits per heavy atom. The molecule has 0 amide bonds. The largest absolute Gasteiger partial charge is 0.469 e. The van der Waals surface area contributed by atoms with Crippen molar-refractivity contribution < 1.29 is 27.2 Å². The van der Waals surface area contributed by atoms with Gasteiger partial charge in [-0.1, -0.05) is 6.07 Å². The molecule has 18 heavy (non-hydrogen) atoms. The lowest BCUT2D eigenvalue weighted by atomic mass is 10.1. The molecular weight excluding hydrogens is 262 g/mol. The number of rotatable bonds is 3. The van der Waals surface area contributed by atoms with Crippen molar-refractivity contribution >= 4 is 21.8 Å². The van der Waals surface area contributed by atoms with Crippen LogP contribution in [0.5, 0.6) is 5.75 Å². The monoisotopic (exact) mass is 273 g/mol. The van der Waals surface area contributed by atoms with E-state index in [1.165, 1.54) is 13.2 Å². The lowest BCUT2D eigenvalue weighted by Crippen LogP contribution is -2.30. The van der Waals surface area contributed by atoms with Crippen LogP contribution in [0.1, 0.15) is 5.56 Å². The number of esters is 1. The molecule has 0 spiro atoms. The van der Waals surface area contributed by atoms with Crippen LogP contribution in [0, 0.1) is 0 Å². The van der Waals surface area contributed by atoms with E-state index >= 15 is 0 Å². The first-order valence-electron chi connectivity index (χ1n) is 4.99. The fourth-order valence-corrected chi connectivity index (χ4v) is 2.05. The minimum absolute atomic E-state index is 0.0714. The molecule has 0 fully saturated rings. The molecule has 0 aliphatic carbocycles. The molecule has 1 aliphatic heterocycles. The van der Waals surface area contributed by atoms with Gasteiger partial charge < -0.3 is 14.8 Å². The number of benzene rings is 1. The Hall–Kier alpha value is -1.80. The molecule has 1 aromatic rings. The third-order valence-electron chi connectivity index (χ3n) is 2.40. The Morgan fingerprint density at radius 2 is 2.28 bits per heavy atom. The Balaban J connectivity index is 2.20. The quantitative estimate of drug-likeness (QED) is 0.606. The molecule has 0 saturated carbocycles. The fraction of sp³-hybridized carbons (Fsp3) is 0.300. The predicted octanol–water partition coefficient (Wildman–Crippen LogP) is 0.378. The predicted molar refractivity (Wildman–Crippen MR) is 61.7 cm³/mol. The molecular formula is C10H11NO6S. The fourth-order valence-electron chi connectivity index (χ4n) is 1.55. The van der Waals surface area contributed by atoms with Gasteiger partial charge in [-0.3, -0.25) is 9.35 Å². The maximum atomic E-state index is 11.1. The van der Waals surface area contributed by atoms with E-state index in [0.29, 0.717) is 17.0 Å². The average molecular weight is 273 g/mol. The van der Waals surface area contributed by atoms with E-state index in [-0.39, 0.29) is 6.42 Å². The van der Waals surface area contributed by atoms with E-state index < -0.39 is 21.6 Å². The molecule has 1 aliphatic rings. The van der Waals surface area contributed by atoms with Gasteiger partial charge in [-0.15, -0.1) is 0 Å².